The second-order valence-electron chi connectivity index (χ2n) is 14.6. The molecule has 0 bridgehead atoms. The number of furan rings is 1. The smallest absolute Gasteiger partial charge is 0.164 e. The van der Waals surface area contributed by atoms with Crippen molar-refractivity contribution >= 4 is 32.7 Å². The molecule has 0 atom stereocenters. The number of ether oxygens (including phenoxy) is 1. The van der Waals surface area contributed by atoms with E-state index in [0.717, 1.165) is 90.2 Å². The lowest BCUT2D eigenvalue weighted by Gasteiger charge is -2.20. The van der Waals surface area contributed by atoms with Crippen molar-refractivity contribution in [2.24, 2.45) is 0 Å². The molecular formula is C52H35N3O2. The maximum Gasteiger partial charge on any atom is 0.164 e. The summed E-state index contributed by atoms with van der Waals surface area (Å²) in [5.41, 5.74) is 13.9. The predicted molar refractivity (Wildman–Crippen MR) is 231 cm³/mol. The zero-order valence-corrected chi connectivity index (χ0v) is 31.2. The zero-order valence-electron chi connectivity index (χ0n) is 31.2. The maximum absolute atomic E-state index is 6.86. The van der Waals surface area contributed by atoms with Crippen LogP contribution in [-0.4, -0.2) is 22.1 Å². The van der Waals surface area contributed by atoms with E-state index in [1.165, 1.54) is 22.3 Å². The van der Waals surface area contributed by atoms with Crippen LogP contribution in [0.4, 0.5) is 0 Å². The van der Waals surface area contributed by atoms with Gasteiger partial charge in [0.05, 0.1) is 7.11 Å². The lowest BCUT2D eigenvalue weighted by atomic mass is 9.85. The van der Waals surface area contributed by atoms with Crippen molar-refractivity contribution in [2.75, 3.05) is 7.11 Å². The first-order valence-electron chi connectivity index (χ1n) is 19.3. The van der Waals surface area contributed by atoms with Crippen LogP contribution >= 0.6 is 0 Å². The van der Waals surface area contributed by atoms with Crippen LogP contribution < -0.4 is 4.74 Å². The van der Waals surface area contributed by atoms with Crippen LogP contribution in [0.15, 0.2) is 174 Å². The highest BCUT2D eigenvalue weighted by Crippen LogP contribution is 2.44. The van der Waals surface area contributed by atoms with Gasteiger partial charge in [0.2, 0.25) is 0 Å². The van der Waals surface area contributed by atoms with Gasteiger partial charge in [-0.25, -0.2) is 15.0 Å². The van der Waals surface area contributed by atoms with Gasteiger partial charge in [-0.1, -0.05) is 140 Å². The molecule has 5 nitrogen and oxygen atoms in total. The normalized spacial score (nSPS) is 12.2. The first-order chi connectivity index (χ1) is 28.2. The van der Waals surface area contributed by atoms with E-state index in [9.17, 15) is 0 Å². The lowest BCUT2D eigenvalue weighted by Crippen LogP contribution is -2.05. The molecule has 2 heterocycles. The number of fused-ring (bicyclic) bond motifs is 7. The van der Waals surface area contributed by atoms with Gasteiger partial charge < -0.3 is 9.15 Å². The van der Waals surface area contributed by atoms with E-state index in [2.05, 4.69) is 127 Å². The van der Waals surface area contributed by atoms with Crippen LogP contribution in [0, 0.1) is 0 Å². The van der Waals surface area contributed by atoms with E-state index in [4.69, 9.17) is 24.1 Å². The summed E-state index contributed by atoms with van der Waals surface area (Å²) in [5.74, 6) is 2.70. The topological polar surface area (TPSA) is 61.0 Å². The van der Waals surface area contributed by atoms with Gasteiger partial charge in [-0.2, -0.15) is 0 Å². The van der Waals surface area contributed by atoms with Crippen LogP contribution in [0.5, 0.6) is 5.75 Å². The number of aryl methyl sites for hydroxylation is 2. The van der Waals surface area contributed by atoms with E-state index in [-0.39, 0.29) is 0 Å². The summed E-state index contributed by atoms with van der Waals surface area (Å²) in [5, 5.41) is 4.26. The van der Waals surface area contributed by atoms with Gasteiger partial charge in [0, 0.05) is 38.6 Å². The second kappa shape index (κ2) is 13.4. The van der Waals surface area contributed by atoms with E-state index in [1.54, 1.807) is 7.11 Å². The summed E-state index contributed by atoms with van der Waals surface area (Å²) >= 11 is 0. The van der Waals surface area contributed by atoms with Crippen molar-refractivity contribution in [3.63, 3.8) is 0 Å². The molecule has 57 heavy (non-hydrogen) atoms. The van der Waals surface area contributed by atoms with Crippen LogP contribution in [-0.2, 0) is 12.8 Å². The van der Waals surface area contributed by atoms with Crippen molar-refractivity contribution in [1.82, 2.24) is 15.0 Å². The molecule has 1 aliphatic carbocycles. The highest BCUT2D eigenvalue weighted by atomic mass is 16.5. The van der Waals surface area contributed by atoms with Gasteiger partial charge >= 0.3 is 0 Å². The molecule has 1 aliphatic rings. The number of nitrogens with zero attached hydrogens (tertiary/aromatic N) is 3. The lowest BCUT2D eigenvalue weighted by molar-refractivity contribution is 0.416. The molecule has 8 aromatic carbocycles. The zero-order chi connectivity index (χ0) is 37.9. The Bertz CT molecular complexity index is 3180. The number of benzene rings is 8. The first-order valence-corrected chi connectivity index (χ1v) is 19.3. The molecule has 0 saturated heterocycles. The number of aromatic nitrogens is 3. The number of para-hydroxylation sites is 2. The van der Waals surface area contributed by atoms with Crippen LogP contribution in [0.1, 0.15) is 11.1 Å². The molecule has 0 aliphatic heterocycles. The molecule has 11 rings (SSSR count). The molecule has 5 heteroatoms. The fraction of sp³-hybridized carbons (Fsp3) is 0.0577. The van der Waals surface area contributed by atoms with Crippen molar-refractivity contribution in [3.05, 3.63) is 181 Å². The monoisotopic (exact) mass is 733 g/mol. The molecular weight excluding hydrogens is 699 g/mol. The number of hydrogen-bond donors (Lipinski definition) is 0. The minimum Gasteiger partial charge on any atom is -0.496 e. The fourth-order valence-corrected chi connectivity index (χ4v) is 8.63. The van der Waals surface area contributed by atoms with Crippen molar-refractivity contribution in [1.29, 1.82) is 0 Å². The molecule has 0 radical (unpaired) electrons. The molecule has 10 aromatic rings. The third-order valence-corrected chi connectivity index (χ3v) is 11.3. The minimum absolute atomic E-state index is 0.601. The van der Waals surface area contributed by atoms with Crippen LogP contribution in [0.25, 0.3) is 100 Å². The Morgan fingerprint density at radius 3 is 2.00 bits per heavy atom. The summed E-state index contributed by atoms with van der Waals surface area (Å²) in [4.78, 5) is 15.5. The van der Waals surface area contributed by atoms with E-state index in [0.29, 0.717) is 17.5 Å². The summed E-state index contributed by atoms with van der Waals surface area (Å²) in [7, 11) is 1.72. The average molecular weight is 734 g/mol. The Kier molecular flexibility index (Phi) is 7.78. The first kappa shape index (κ1) is 33.0. The molecule has 0 unspecified atom stereocenters. The predicted octanol–water partition coefficient (Wildman–Crippen LogP) is 13.0. The Labute approximate surface area is 329 Å². The Balaban J connectivity index is 1.11. The van der Waals surface area contributed by atoms with E-state index >= 15 is 0 Å². The maximum atomic E-state index is 6.86. The standard InChI is InChI=1S/C52H35N3O2/c1-56-46-23-10-9-19-41(46)37-30-34-16-6-8-18-39(34)45(31-37)42-20-11-21-43-48-44(22-12-24-47(48)57-49(42)43)52-54-50(33-14-3-2-4-15-33)53-51(55-52)36-27-28-40-35(29-36)26-25-32-13-5-7-17-38(32)40/h2-24,27-31H,25-26H2,1H3. The molecule has 0 amide bonds. The largest absolute Gasteiger partial charge is 0.496 e. The van der Waals surface area contributed by atoms with Gasteiger partial charge in [0.25, 0.3) is 0 Å². The minimum atomic E-state index is 0.601. The molecule has 2 aromatic heterocycles. The third kappa shape index (κ3) is 5.58. The SMILES string of the molecule is COc1ccccc1-c1cc(-c2cccc3c2oc2cccc(-c4nc(-c5ccccc5)nc(-c5ccc6c(c5)CCc5ccccc5-6)n4)c23)c2ccccc2c1. The van der Waals surface area contributed by atoms with Gasteiger partial charge in [-0.15, -0.1) is 0 Å². The van der Waals surface area contributed by atoms with Crippen molar-refractivity contribution < 1.29 is 9.15 Å². The number of hydrogen-bond acceptors (Lipinski definition) is 5. The highest BCUT2D eigenvalue weighted by molar-refractivity contribution is 6.16. The average Bonchev–Trinajstić information content (AvgIpc) is 3.68. The third-order valence-electron chi connectivity index (χ3n) is 11.3. The Morgan fingerprint density at radius 2 is 1.11 bits per heavy atom. The van der Waals surface area contributed by atoms with E-state index < -0.39 is 0 Å². The summed E-state index contributed by atoms with van der Waals surface area (Å²) < 4.78 is 12.7. The summed E-state index contributed by atoms with van der Waals surface area (Å²) in [6.07, 6.45) is 1.99. The van der Waals surface area contributed by atoms with Gasteiger partial charge in [-0.05, 0) is 87.3 Å². The molecule has 270 valence electrons. The van der Waals surface area contributed by atoms with E-state index in [1.807, 2.05) is 42.5 Å². The van der Waals surface area contributed by atoms with Gasteiger partial charge in [0.1, 0.15) is 16.9 Å². The molecule has 0 spiro atoms. The van der Waals surface area contributed by atoms with Crippen molar-refractivity contribution in [2.45, 2.75) is 12.8 Å². The van der Waals surface area contributed by atoms with Crippen LogP contribution in [0.2, 0.25) is 0 Å². The Hall–Kier alpha value is -7.37. The highest BCUT2D eigenvalue weighted by Gasteiger charge is 2.22. The molecule has 0 fully saturated rings. The number of methoxy groups -OCH3 is 1. The quantitative estimate of drug-likeness (QED) is 0.170. The molecule has 0 saturated carbocycles. The fourth-order valence-electron chi connectivity index (χ4n) is 8.63. The van der Waals surface area contributed by atoms with Crippen LogP contribution in [0.3, 0.4) is 0 Å². The molecule has 0 N–H and O–H groups in total. The summed E-state index contributed by atoms with van der Waals surface area (Å²) in [6, 6.07) is 59.3. The Morgan fingerprint density at radius 1 is 0.439 bits per heavy atom. The number of rotatable bonds is 6. The van der Waals surface area contributed by atoms with Gasteiger partial charge in [0.15, 0.2) is 17.5 Å². The van der Waals surface area contributed by atoms with Gasteiger partial charge in [-0.3, -0.25) is 0 Å². The second-order valence-corrected chi connectivity index (χ2v) is 14.6. The van der Waals surface area contributed by atoms with Crippen molar-refractivity contribution in [3.8, 4) is 73.3 Å². The summed E-state index contributed by atoms with van der Waals surface area (Å²) in [6.45, 7) is 0.